The van der Waals surface area contributed by atoms with Crippen molar-refractivity contribution in [2.75, 3.05) is 13.7 Å². The minimum atomic E-state index is 0.452. The largest absolute Gasteiger partial charge is 0.496 e. The van der Waals surface area contributed by atoms with Crippen molar-refractivity contribution >= 4 is 11.6 Å². The molecule has 0 radical (unpaired) electrons. The fraction of sp³-hybridized carbons (Fsp3) is 0.312. The van der Waals surface area contributed by atoms with Gasteiger partial charge in [-0.05, 0) is 24.3 Å². The van der Waals surface area contributed by atoms with Gasteiger partial charge in [0.1, 0.15) is 11.5 Å². The summed E-state index contributed by atoms with van der Waals surface area (Å²) in [6, 6.07) is 11.5. The lowest BCUT2D eigenvalue weighted by molar-refractivity contribution is 0.237. The van der Waals surface area contributed by atoms with E-state index in [9.17, 15) is 0 Å². The van der Waals surface area contributed by atoms with E-state index in [0.717, 1.165) is 17.1 Å². The van der Waals surface area contributed by atoms with Gasteiger partial charge in [0.05, 0.1) is 26.0 Å². The molecular formula is C16H17ClN2O2. The highest BCUT2D eigenvalue weighted by Gasteiger charge is 2.14. The Morgan fingerprint density at radius 1 is 1.29 bits per heavy atom. The van der Waals surface area contributed by atoms with Crippen LogP contribution in [0.1, 0.15) is 17.7 Å². The number of hydrogen-bond donors (Lipinski definition) is 0. The number of rotatable bonds is 7. The van der Waals surface area contributed by atoms with E-state index in [1.54, 1.807) is 13.4 Å². The van der Waals surface area contributed by atoms with Crippen LogP contribution in [0.15, 0.2) is 41.0 Å². The van der Waals surface area contributed by atoms with Crippen molar-refractivity contribution in [1.82, 2.24) is 4.90 Å². The molecule has 21 heavy (non-hydrogen) atoms. The predicted octanol–water partition coefficient (Wildman–Crippen LogP) is 3.86. The van der Waals surface area contributed by atoms with Gasteiger partial charge in [-0.25, -0.2) is 0 Å². The van der Waals surface area contributed by atoms with Gasteiger partial charge in [-0.15, -0.1) is 0 Å². The molecule has 110 valence electrons. The molecule has 0 saturated heterocycles. The van der Waals surface area contributed by atoms with Crippen LogP contribution in [0, 0.1) is 11.3 Å². The van der Waals surface area contributed by atoms with Crippen LogP contribution >= 0.6 is 11.6 Å². The number of hydrogen-bond acceptors (Lipinski definition) is 4. The first-order valence-electron chi connectivity index (χ1n) is 6.67. The summed E-state index contributed by atoms with van der Waals surface area (Å²) < 4.78 is 10.7. The first-order valence-corrected chi connectivity index (χ1v) is 7.05. The van der Waals surface area contributed by atoms with Crippen LogP contribution in [0.3, 0.4) is 0 Å². The number of nitrogens with zero attached hydrogens (tertiary/aromatic N) is 2. The summed E-state index contributed by atoms with van der Waals surface area (Å²) in [6.45, 7) is 1.87. The van der Waals surface area contributed by atoms with E-state index in [1.807, 2.05) is 30.3 Å². The van der Waals surface area contributed by atoms with E-state index in [4.69, 9.17) is 26.0 Å². The molecule has 5 heteroatoms. The van der Waals surface area contributed by atoms with Crippen LogP contribution in [0.2, 0.25) is 5.02 Å². The van der Waals surface area contributed by atoms with Gasteiger partial charge in [0.25, 0.3) is 0 Å². The zero-order valence-corrected chi connectivity index (χ0v) is 12.6. The van der Waals surface area contributed by atoms with Crippen molar-refractivity contribution in [1.29, 1.82) is 5.26 Å². The molecule has 0 aliphatic carbocycles. The average molecular weight is 305 g/mol. The van der Waals surface area contributed by atoms with Gasteiger partial charge in [-0.2, -0.15) is 5.26 Å². The highest BCUT2D eigenvalue weighted by molar-refractivity contribution is 6.31. The van der Waals surface area contributed by atoms with Crippen LogP contribution in [0.4, 0.5) is 0 Å². The third-order valence-electron chi connectivity index (χ3n) is 3.18. The summed E-state index contributed by atoms with van der Waals surface area (Å²) in [5.41, 5.74) is 0.922. The van der Waals surface area contributed by atoms with Crippen LogP contribution in [0.5, 0.6) is 5.75 Å². The Morgan fingerprint density at radius 3 is 2.81 bits per heavy atom. The van der Waals surface area contributed by atoms with E-state index in [2.05, 4.69) is 11.0 Å². The fourth-order valence-electron chi connectivity index (χ4n) is 2.15. The summed E-state index contributed by atoms with van der Waals surface area (Å²) in [5.74, 6) is 1.61. The summed E-state index contributed by atoms with van der Waals surface area (Å²) >= 11 is 6.27. The minimum Gasteiger partial charge on any atom is -0.496 e. The Bertz CT molecular complexity index is 605. The van der Waals surface area contributed by atoms with E-state index in [-0.39, 0.29) is 0 Å². The second-order valence-corrected chi connectivity index (χ2v) is 5.03. The van der Waals surface area contributed by atoms with E-state index in [1.165, 1.54) is 0 Å². The van der Waals surface area contributed by atoms with Gasteiger partial charge in [0, 0.05) is 30.1 Å². The Hall–Kier alpha value is -1.96. The molecule has 1 heterocycles. The first-order chi connectivity index (χ1) is 10.2. The molecule has 2 aromatic rings. The summed E-state index contributed by atoms with van der Waals surface area (Å²) in [4.78, 5) is 2.12. The maximum atomic E-state index is 8.81. The molecule has 0 amide bonds. The quantitative estimate of drug-likeness (QED) is 0.779. The third kappa shape index (κ3) is 4.25. The normalized spacial score (nSPS) is 10.6. The molecule has 0 atom stereocenters. The number of furan rings is 1. The lowest BCUT2D eigenvalue weighted by Crippen LogP contribution is -2.24. The van der Waals surface area contributed by atoms with Gasteiger partial charge in [0.2, 0.25) is 0 Å². The van der Waals surface area contributed by atoms with Crippen molar-refractivity contribution in [3.8, 4) is 11.8 Å². The molecule has 2 rings (SSSR count). The average Bonchev–Trinajstić information content (AvgIpc) is 2.99. The Labute approximate surface area is 129 Å². The van der Waals surface area contributed by atoms with Gasteiger partial charge in [-0.3, -0.25) is 4.90 Å². The highest BCUT2D eigenvalue weighted by Crippen LogP contribution is 2.28. The molecule has 0 N–H and O–H groups in total. The second-order valence-electron chi connectivity index (χ2n) is 4.62. The first kappa shape index (κ1) is 15.4. The number of benzene rings is 1. The summed E-state index contributed by atoms with van der Waals surface area (Å²) in [5, 5.41) is 9.47. The minimum absolute atomic E-state index is 0.452. The maximum Gasteiger partial charge on any atom is 0.124 e. The van der Waals surface area contributed by atoms with Crippen LogP contribution < -0.4 is 4.74 Å². The van der Waals surface area contributed by atoms with Crippen molar-refractivity contribution in [2.24, 2.45) is 0 Å². The van der Waals surface area contributed by atoms with Gasteiger partial charge in [-0.1, -0.05) is 17.7 Å². The number of nitriles is 1. The molecule has 0 aliphatic rings. The molecule has 0 aliphatic heterocycles. The standard InChI is InChI=1S/C16H17ClN2O2/c1-20-16-7-2-6-15(17)14(16)12-19(9-4-8-18)11-13-5-3-10-21-13/h2-3,5-7,10H,4,9,11-12H2,1H3. The molecule has 0 saturated carbocycles. The number of methoxy groups -OCH3 is 1. The van der Waals surface area contributed by atoms with Crippen LogP contribution in [-0.2, 0) is 13.1 Å². The van der Waals surface area contributed by atoms with Crippen molar-refractivity contribution < 1.29 is 9.15 Å². The molecular weight excluding hydrogens is 288 g/mol. The molecule has 0 fully saturated rings. The molecule has 0 unspecified atom stereocenters. The zero-order valence-electron chi connectivity index (χ0n) is 11.9. The Morgan fingerprint density at radius 2 is 2.14 bits per heavy atom. The van der Waals surface area contributed by atoms with Crippen molar-refractivity contribution in [2.45, 2.75) is 19.5 Å². The Kier molecular flexibility index (Phi) is 5.68. The summed E-state index contributed by atoms with van der Waals surface area (Å²) in [7, 11) is 1.63. The highest BCUT2D eigenvalue weighted by atomic mass is 35.5. The molecule has 1 aromatic heterocycles. The topological polar surface area (TPSA) is 49.4 Å². The van der Waals surface area contributed by atoms with Gasteiger partial charge >= 0.3 is 0 Å². The maximum absolute atomic E-state index is 8.81. The Balaban J connectivity index is 2.16. The van der Waals surface area contributed by atoms with E-state index < -0.39 is 0 Å². The predicted molar refractivity (Wildman–Crippen MR) is 81.1 cm³/mol. The molecule has 4 nitrogen and oxygen atoms in total. The lowest BCUT2D eigenvalue weighted by Gasteiger charge is -2.22. The van der Waals surface area contributed by atoms with Crippen LogP contribution in [-0.4, -0.2) is 18.6 Å². The van der Waals surface area contributed by atoms with Gasteiger partial charge in [0.15, 0.2) is 0 Å². The van der Waals surface area contributed by atoms with Gasteiger partial charge < -0.3 is 9.15 Å². The molecule has 0 spiro atoms. The molecule has 1 aromatic carbocycles. The van der Waals surface area contributed by atoms with E-state index in [0.29, 0.717) is 31.1 Å². The lowest BCUT2D eigenvalue weighted by atomic mass is 10.1. The third-order valence-corrected chi connectivity index (χ3v) is 3.53. The van der Waals surface area contributed by atoms with Crippen LogP contribution in [0.25, 0.3) is 0 Å². The fourth-order valence-corrected chi connectivity index (χ4v) is 2.38. The number of halogens is 1. The SMILES string of the molecule is COc1cccc(Cl)c1CN(CCC#N)Cc1ccco1. The smallest absolute Gasteiger partial charge is 0.124 e. The van der Waals surface area contributed by atoms with Crippen molar-refractivity contribution in [3.05, 3.63) is 52.9 Å². The second kappa shape index (κ2) is 7.72. The monoisotopic (exact) mass is 304 g/mol. The number of ether oxygens (including phenoxy) is 1. The summed E-state index contributed by atoms with van der Waals surface area (Å²) in [6.07, 6.45) is 2.10. The van der Waals surface area contributed by atoms with E-state index >= 15 is 0 Å². The zero-order chi connectivity index (χ0) is 15.1. The van der Waals surface area contributed by atoms with Crippen molar-refractivity contribution in [3.63, 3.8) is 0 Å². The molecule has 0 bridgehead atoms.